The van der Waals surface area contributed by atoms with Crippen LogP contribution in [0.15, 0.2) is 40.6 Å². The van der Waals surface area contributed by atoms with E-state index in [9.17, 15) is 32.3 Å². The Labute approximate surface area is 372 Å². The van der Waals surface area contributed by atoms with E-state index in [1.807, 2.05) is 15.9 Å². The average Bonchev–Trinajstić information content (AvgIpc) is 3.53. The summed E-state index contributed by atoms with van der Waals surface area (Å²) in [6.07, 6.45) is 5.21. The predicted molar refractivity (Wildman–Crippen MR) is 230 cm³/mol. The normalized spacial score (nSPS) is 26.5. The van der Waals surface area contributed by atoms with Gasteiger partial charge in [0.15, 0.2) is 0 Å². The molecule has 1 aromatic heterocycles. The summed E-state index contributed by atoms with van der Waals surface area (Å²) in [4.78, 5) is 64.7. The van der Waals surface area contributed by atoms with Crippen LogP contribution in [0.25, 0.3) is 5.57 Å². The van der Waals surface area contributed by atoms with Crippen LogP contribution in [0.1, 0.15) is 108 Å². The third-order valence-electron chi connectivity index (χ3n) is 14.2. The number of imidazole rings is 1. The molecule has 0 bridgehead atoms. The fourth-order valence-electron chi connectivity index (χ4n) is 10.5. The van der Waals surface area contributed by atoms with Crippen LogP contribution in [0, 0.1) is 23.2 Å². The van der Waals surface area contributed by atoms with E-state index in [0.717, 1.165) is 47.4 Å². The lowest BCUT2D eigenvalue weighted by Gasteiger charge is -2.34. The Kier molecular flexibility index (Phi) is 13.6. The van der Waals surface area contributed by atoms with Crippen molar-refractivity contribution >= 4 is 29.5 Å². The van der Waals surface area contributed by atoms with E-state index in [1.54, 1.807) is 6.08 Å². The molecule has 15 nitrogen and oxygen atoms in total. The van der Waals surface area contributed by atoms with Crippen molar-refractivity contribution in [3.63, 3.8) is 0 Å². The summed E-state index contributed by atoms with van der Waals surface area (Å²) in [6, 6.07) is -1.35. The Morgan fingerprint density at radius 1 is 1.05 bits per heavy atom. The summed E-state index contributed by atoms with van der Waals surface area (Å²) in [7, 11) is 1.28. The Hall–Kier alpha value is -4.68. The van der Waals surface area contributed by atoms with Gasteiger partial charge in [-0.25, -0.2) is 14.6 Å². The number of allylic oxidation sites excluding steroid dienone is 4. The molecule has 5 unspecified atom stereocenters. The van der Waals surface area contributed by atoms with Crippen LogP contribution in [-0.4, -0.2) is 121 Å². The predicted octanol–water partition coefficient (Wildman–Crippen LogP) is 5.94. The number of rotatable bonds is 12. The number of aryl methyl sites for hydroxylation is 1. The zero-order valence-electron chi connectivity index (χ0n) is 37.3. The number of fused-ring (bicyclic) bond motifs is 2. The van der Waals surface area contributed by atoms with Gasteiger partial charge in [-0.2, -0.15) is 0 Å². The highest BCUT2D eigenvalue weighted by atomic mass is 19.4. The van der Waals surface area contributed by atoms with Gasteiger partial charge in [0.05, 0.1) is 18.8 Å². The van der Waals surface area contributed by atoms with Crippen LogP contribution in [0.4, 0.5) is 22.8 Å². The molecule has 4 heterocycles. The number of alkyl carbamates (subject to hydrolysis) is 1. The minimum Gasteiger partial charge on any atom is -0.453 e. The lowest BCUT2D eigenvalue weighted by atomic mass is 9.80. The molecule has 350 valence electrons. The van der Waals surface area contributed by atoms with Gasteiger partial charge in [0.25, 0.3) is 0 Å². The second-order valence-corrected chi connectivity index (χ2v) is 19.3. The number of hydrogen-bond donors (Lipinski definition) is 5. The van der Waals surface area contributed by atoms with Crippen LogP contribution in [0.5, 0.6) is 0 Å². The quantitative estimate of drug-likeness (QED) is 0.159. The molecule has 5 amide bonds. The van der Waals surface area contributed by atoms with Gasteiger partial charge in [0.1, 0.15) is 18.0 Å². The van der Waals surface area contributed by atoms with Gasteiger partial charge < -0.3 is 45.5 Å². The Morgan fingerprint density at radius 2 is 1.80 bits per heavy atom. The first-order chi connectivity index (χ1) is 30.6. The molecular weight excluding hydrogens is 834 g/mol. The van der Waals surface area contributed by atoms with Gasteiger partial charge in [-0.15, -0.1) is 13.2 Å². The number of halogens is 3. The standard InChI is InChI=1S/C46H63F3N8O7/c1-26-21-36(57(25-26)42(59)38(55-44(61)62-4)27-13-19-63-20-14-27)40-53-35-10-6-29-22-28(5-8-33(29)39(35)54-40)32-9-7-31(23-37(32)64-46(47,48)49)52-43(60)51-16-15-50-30-11-17-56(18-12-30)41(58)34-24-45(34,2)3/h9,22-23,26-27,30,34,36-38,50H,5-8,10-21,24-25H2,1-4H3,(H,53,54)(H,55,61)(H2,51,52,60). The molecular formula is C46H63F3N8O7. The number of likely N-dealkylation sites (tertiary alicyclic amines) is 2. The number of piperidine rings is 1. The maximum atomic E-state index is 14.3. The molecule has 64 heavy (non-hydrogen) atoms. The lowest BCUT2D eigenvalue weighted by molar-refractivity contribution is -0.331. The first-order valence-electron chi connectivity index (χ1n) is 23.0. The highest BCUT2D eigenvalue weighted by molar-refractivity contribution is 5.87. The number of nitrogens with one attached hydrogen (secondary N) is 5. The highest BCUT2D eigenvalue weighted by Crippen LogP contribution is 2.52. The minimum absolute atomic E-state index is 0.0895. The number of aromatic nitrogens is 2. The summed E-state index contributed by atoms with van der Waals surface area (Å²) in [5.74, 6) is 1.03. The second-order valence-electron chi connectivity index (χ2n) is 19.3. The molecule has 7 aliphatic rings. The maximum absolute atomic E-state index is 14.3. The molecule has 4 fully saturated rings. The van der Waals surface area contributed by atoms with E-state index in [-0.39, 0.29) is 53.5 Å². The topological polar surface area (TPSA) is 179 Å². The average molecular weight is 897 g/mol. The zero-order chi connectivity index (χ0) is 45.3. The van der Waals surface area contributed by atoms with Crippen molar-refractivity contribution in [3.8, 4) is 0 Å². The van der Waals surface area contributed by atoms with Crippen LogP contribution in [0.2, 0.25) is 0 Å². The van der Waals surface area contributed by atoms with Gasteiger partial charge in [0, 0.05) is 75.7 Å². The number of urea groups is 1. The maximum Gasteiger partial charge on any atom is 0.523 e. The van der Waals surface area contributed by atoms with Crippen molar-refractivity contribution < 1.29 is 46.6 Å². The van der Waals surface area contributed by atoms with Gasteiger partial charge in [-0.1, -0.05) is 32.9 Å². The largest absolute Gasteiger partial charge is 0.523 e. The molecule has 8 rings (SSSR count). The fourth-order valence-corrected chi connectivity index (χ4v) is 10.5. The number of carbonyl (C=O) groups is 4. The number of alkyl halides is 3. The number of ether oxygens (including phenoxy) is 3. The van der Waals surface area contributed by atoms with Crippen LogP contribution in [-0.2, 0) is 30.2 Å². The first kappa shape index (κ1) is 45.9. The van der Waals surface area contributed by atoms with Crippen molar-refractivity contribution in [2.45, 2.75) is 122 Å². The molecule has 5 atom stereocenters. The molecule has 4 aliphatic carbocycles. The Bertz CT molecular complexity index is 2080. The lowest BCUT2D eigenvalue weighted by Crippen LogP contribution is -2.53. The van der Waals surface area contributed by atoms with Crippen molar-refractivity contribution in [1.82, 2.24) is 41.0 Å². The number of amides is 5. The number of carbonyl (C=O) groups excluding carboxylic acids is 4. The minimum atomic E-state index is -4.91. The molecule has 0 spiro atoms. The van der Waals surface area contributed by atoms with Gasteiger partial charge in [-0.05, 0) is 110 Å². The zero-order valence-corrected chi connectivity index (χ0v) is 37.3. The second kappa shape index (κ2) is 19.0. The van der Waals surface area contributed by atoms with Crippen molar-refractivity contribution in [2.24, 2.45) is 23.2 Å². The van der Waals surface area contributed by atoms with E-state index in [1.165, 1.54) is 13.2 Å². The molecule has 3 saturated heterocycles. The Balaban J connectivity index is 0.883. The van der Waals surface area contributed by atoms with E-state index in [2.05, 4.69) is 51.8 Å². The van der Waals surface area contributed by atoms with Crippen molar-refractivity contribution in [2.75, 3.05) is 53.0 Å². The third kappa shape index (κ3) is 10.5. The SMILES string of the molecule is COC(=O)NC(C(=O)N1CC(C)CC1c1nc2c([nH]1)CCC1=C2CCC(C2=CCC(NC(=O)NCCNC3CCN(C(=O)C4CC4(C)C)CC3)=CC2OC(F)(F)F)=C1)C1CCOCC1. The van der Waals surface area contributed by atoms with Gasteiger partial charge in [-0.3, -0.25) is 14.3 Å². The molecule has 0 radical (unpaired) electrons. The van der Waals surface area contributed by atoms with E-state index in [4.69, 9.17) is 14.5 Å². The third-order valence-corrected chi connectivity index (χ3v) is 14.2. The summed E-state index contributed by atoms with van der Waals surface area (Å²) >= 11 is 0. The summed E-state index contributed by atoms with van der Waals surface area (Å²) in [5, 5.41) is 11.8. The highest BCUT2D eigenvalue weighted by Gasteiger charge is 2.52. The number of H-pyrrole nitrogens is 1. The van der Waals surface area contributed by atoms with Crippen molar-refractivity contribution in [3.05, 3.63) is 57.9 Å². The van der Waals surface area contributed by atoms with Crippen LogP contribution < -0.4 is 21.3 Å². The number of nitrogens with zero attached hydrogens (tertiary/aromatic N) is 3. The first-order valence-corrected chi connectivity index (χ1v) is 23.0. The molecule has 1 saturated carbocycles. The van der Waals surface area contributed by atoms with E-state index in [0.29, 0.717) is 108 Å². The van der Waals surface area contributed by atoms with Gasteiger partial charge in [0.2, 0.25) is 11.8 Å². The summed E-state index contributed by atoms with van der Waals surface area (Å²) < 4.78 is 56.6. The van der Waals surface area contributed by atoms with Crippen molar-refractivity contribution in [1.29, 1.82) is 0 Å². The fraction of sp³-hybridized carbons (Fsp3) is 0.674. The summed E-state index contributed by atoms with van der Waals surface area (Å²) in [6.45, 7) is 10.2. The smallest absolute Gasteiger partial charge is 0.453 e. The number of hydrogen-bond acceptors (Lipinski definition) is 9. The van der Waals surface area contributed by atoms with E-state index >= 15 is 0 Å². The van der Waals surface area contributed by atoms with Crippen LogP contribution >= 0.6 is 0 Å². The summed E-state index contributed by atoms with van der Waals surface area (Å²) in [5.41, 5.74) is 5.45. The molecule has 0 aromatic carbocycles. The number of methoxy groups -OCH3 is 1. The van der Waals surface area contributed by atoms with Crippen LogP contribution in [0.3, 0.4) is 0 Å². The van der Waals surface area contributed by atoms with Gasteiger partial charge >= 0.3 is 18.5 Å². The molecule has 3 aliphatic heterocycles. The molecule has 18 heteroatoms. The molecule has 1 aromatic rings. The monoisotopic (exact) mass is 896 g/mol. The molecule has 5 N–H and O–H groups in total. The number of aromatic amines is 1. The van der Waals surface area contributed by atoms with E-state index < -0.39 is 30.6 Å². The Morgan fingerprint density at radius 3 is 2.50 bits per heavy atom.